The van der Waals surface area contributed by atoms with Crippen LogP contribution in [-0.2, 0) is 5.41 Å². The van der Waals surface area contributed by atoms with Crippen LogP contribution in [0.4, 0.5) is 34.1 Å². The highest BCUT2D eigenvalue weighted by Gasteiger charge is 2.51. The minimum atomic E-state index is -0.514. The number of para-hydroxylation sites is 4. The van der Waals surface area contributed by atoms with Crippen molar-refractivity contribution in [1.82, 2.24) is 0 Å². The fourth-order valence-corrected chi connectivity index (χ4v) is 8.55. The Labute approximate surface area is 299 Å². The van der Waals surface area contributed by atoms with Crippen molar-refractivity contribution in [3.05, 3.63) is 229 Å². The molecule has 51 heavy (non-hydrogen) atoms. The van der Waals surface area contributed by atoms with E-state index in [9.17, 15) is 0 Å². The van der Waals surface area contributed by atoms with E-state index in [1.807, 2.05) is 0 Å². The summed E-state index contributed by atoms with van der Waals surface area (Å²) in [6, 6.07) is 75.2. The molecule has 1 spiro atoms. The summed E-state index contributed by atoms with van der Waals surface area (Å²) in [5.74, 6) is 0. The second-order valence-corrected chi connectivity index (χ2v) is 13.3. The molecule has 0 amide bonds. The lowest BCUT2D eigenvalue weighted by molar-refractivity contribution is 0.752. The molecule has 2 heteroatoms. The molecule has 0 saturated carbocycles. The number of benzene rings is 8. The van der Waals surface area contributed by atoms with Crippen molar-refractivity contribution in [2.75, 3.05) is 9.80 Å². The van der Waals surface area contributed by atoms with Gasteiger partial charge in [-0.1, -0.05) is 146 Å². The summed E-state index contributed by atoms with van der Waals surface area (Å²) in [4.78, 5) is 4.83. The van der Waals surface area contributed by atoms with Gasteiger partial charge in [0.15, 0.2) is 0 Å². The average Bonchev–Trinajstić information content (AvgIpc) is 3.50. The fourth-order valence-electron chi connectivity index (χ4n) is 8.55. The zero-order valence-electron chi connectivity index (χ0n) is 28.0. The van der Waals surface area contributed by atoms with Crippen molar-refractivity contribution in [3.63, 3.8) is 0 Å². The lowest BCUT2D eigenvalue weighted by Gasteiger charge is -2.45. The van der Waals surface area contributed by atoms with Crippen LogP contribution in [0.15, 0.2) is 206 Å². The zero-order chi connectivity index (χ0) is 33.8. The Morgan fingerprint density at radius 1 is 0.333 bits per heavy atom. The average molecular weight is 651 g/mol. The van der Waals surface area contributed by atoms with Gasteiger partial charge in [0, 0.05) is 22.7 Å². The number of hydrogen-bond donors (Lipinski definition) is 0. The van der Waals surface area contributed by atoms with Crippen LogP contribution in [0.3, 0.4) is 0 Å². The maximum absolute atomic E-state index is 2.46. The highest BCUT2D eigenvalue weighted by atomic mass is 15.2. The first-order valence-corrected chi connectivity index (χ1v) is 17.6. The van der Waals surface area contributed by atoms with E-state index >= 15 is 0 Å². The molecule has 1 heterocycles. The van der Waals surface area contributed by atoms with Gasteiger partial charge in [0.1, 0.15) is 0 Å². The molecule has 2 aliphatic rings. The standard InChI is InChI=1S/C49H34N2/c1-4-16-35(17-5-1)36-28-30-39(31-29-36)50(37-18-6-2-7-19-37)40-32-33-42-41-22-10-11-23-43(41)49(46(42)34-40)44-24-12-14-26-47(44)51(38-20-8-3-9-21-38)48-27-15-13-25-45(48)49/h1-34H. The number of rotatable bonds is 5. The third-order valence-electron chi connectivity index (χ3n) is 10.6. The summed E-state index contributed by atoms with van der Waals surface area (Å²) in [6.45, 7) is 0. The summed E-state index contributed by atoms with van der Waals surface area (Å²) < 4.78 is 0. The van der Waals surface area contributed by atoms with Gasteiger partial charge in [-0.2, -0.15) is 0 Å². The number of fused-ring (bicyclic) bond motifs is 9. The molecule has 1 aliphatic heterocycles. The molecule has 1 aliphatic carbocycles. The van der Waals surface area contributed by atoms with Gasteiger partial charge in [-0.25, -0.2) is 0 Å². The van der Waals surface area contributed by atoms with Gasteiger partial charge in [-0.3, -0.25) is 0 Å². The lowest BCUT2D eigenvalue weighted by atomic mass is 9.64. The zero-order valence-corrected chi connectivity index (χ0v) is 28.0. The molecular weight excluding hydrogens is 617 g/mol. The van der Waals surface area contributed by atoms with Crippen molar-refractivity contribution in [2.24, 2.45) is 0 Å². The maximum atomic E-state index is 2.46. The molecule has 0 saturated heterocycles. The lowest BCUT2D eigenvalue weighted by Crippen LogP contribution is -2.36. The predicted octanol–water partition coefficient (Wildman–Crippen LogP) is 13.0. The Balaban J connectivity index is 1.23. The van der Waals surface area contributed by atoms with Crippen LogP contribution in [0.1, 0.15) is 22.3 Å². The number of hydrogen-bond acceptors (Lipinski definition) is 2. The maximum Gasteiger partial charge on any atom is 0.0755 e. The highest BCUT2D eigenvalue weighted by Crippen LogP contribution is 2.63. The van der Waals surface area contributed by atoms with E-state index in [4.69, 9.17) is 0 Å². The van der Waals surface area contributed by atoms with Gasteiger partial charge < -0.3 is 9.80 Å². The van der Waals surface area contributed by atoms with Gasteiger partial charge in [0.25, 0.3) is 0 Å². The van der Waals surface area contributed by atoms with Crippen LogP contribution >= 0.6 is 0 Å². The van der Waals surface area contributed by atoms with Gasteiger partial charge >= 0.3 is 0 Å². The molecule has 0 unspecified atom stereocenters. The van der Waals surface area contributed by atoms with Gasteiger partial charge in [0.2, 0.25) is 0 Å². The van der Waals surface area contributed by atoms with Gasteiger partial charge in [0.05, 0.1) is 16.8 Å². The minimum absolute atomic E-state index is 0.514. The fraction of sp³-hybridized carbons (Fsp3) is 0.0204. The van der Waals surface area contributed by atoms with Crippen molar-refractivity contribution < 1.29 is 0 Å². The molecule has 240 valence electrons. The summed E-state index contributed by atoms with van der Waals surface area (Å²) >= 11 is 0. The largest absolute Gasteiger partial charge is 0.310 e. The van der Waals surface area contributed by atoms with Gasteiger partial charge in [-0.05, 0) is 105 Å². The molecule has 0 bridgehead atoms. The molecule has 0 fully saturated rings. The second kappa shape index (κ2) is 11.8. The van der Waals surface area contributed by atoms with Gasteiger partial charge in [-0.15, -0.1) is 0 Å². The van der Waals surface area contributed by atoms with Crippen LogP contribution in [0.25, 0.3) is 22.3 Å². The van der Waals surface area contributed by atoms with Crippen LogP contribution < -0.4 is 9.80 Å². The third-order valence-corrected chi connectivity index (χ3v) is 10.6. The number of anilines is 6. The van der Waals surface area contributed by atoms with Crippen molar-refractivity contribution in [3.8, 4) is 22.3 Å². The SMILES string of the molecule is c1ccc(-c2ccc(N(c3ccccc3)c3ccc4c(c3)C3(c5ccccc5-4)c4ccccc4N(c4ccccc4)c4ccccc43)cc2)cc1. The third kappa shape index (κ3) is 4.43. The Morgan fingerprint density at radius 2 is 0.804 bits per heavy atom. The van der Waals surface area contributed by atoms with Crippen molar-refractivity contribution in [2.45, 2.75) is 5.41 Å². The smallest absolute Gasteiger partial charge is 0.0755 e. The van der Waals surface area contributed by atoms with Crippen LogP contribution in [0.5, 0.6) is 0 Å². The Bertz CT molecular complexity index is 2470. The molecule has 0 atom stereocenters. The van der Waals surface area contributed by atoms with E-state index in [1.165, 1.54) is 55.9 Å². The Morgan fingerprint density at radius 3 is 1.47 bits per heavy atom. The van der Waals surface area contributed by atoms with Crippen molar-refractivity contribution >= 4 is 34.1 Å². The van der Waals surface area contributed by atoms with E-state index in [0.717, 1.165) is 22.7 Å². The second-order valence-electron chi connectivity index (χ2n) is 13.3. The topological polar surface area (TPSA) is 6.48 Å². The van der Waals surface area contributed by atoms with Crippen LogP contribution in [-0.4, -0.2) is 0 Å². The summed E-state index contributed by atoms with van der Waals surface area (Å²) in [5.41, 5.74) is 16.6. The summed E-state index contributed by atoms with van der Waals surface area (Å²) in [5, 5.41) is 0. The normalized spacial score (nSPS) is 13.2. The van der Waals surface area contributed by atoms with E-state index in [2.05, 4.69) is 216 Å². The van der Waals surface area contributed by atoms with E-state index < -0.39 is 5.41 Å². The number of nitrogens with zero attached hydrogens (tertiary/aromatic N) is 2. The molecule has 2 nitrogen and oxygen atoms in total. The quantitative estimate of drug-likeness (QED) is 0.183. The predicted molar refractivity (Wildman–Crippen MR) is 212 cm³/mol. The molecule has 0 radical (unpaired) electrons. The molecule has 8 aromatic carbocycles. The van der Waals surface area contributed by atoms with Crippen molar-refractivity contribution in [1.29, 1.82) is 0 Å². The summed E-state index contributed by atoms with van der Waals surface area (Å²) in [6.07, 6.45) is 0. The first-order valence-electron chi connectivity index (χ1n) is 17.6. The summed E-state index contributed by atoms with van der Waals surface area (Å²) in [7, 11) is 0. The minimum Gasteiger partial charge on any atom is -0.310 e. The Kier molecular flexibility index (Phi) is 6.75. The monoisotopic (exact) mass is 650 g/mol. The van der Waals surface area contributed by atoms with Crippen LogP contribution in [0.2, 0.25) is 0 Å². The first kappa shape index (κ1) is 29.3. The highest BCUT2D eigenvalue weighted by molar-refractivity contribution is 5.97. The molecule has 0 aromatic heterocycles. The Hall–Kier alpha value is -6.64. The van der Waals surface area contributed by atoms with E-state index in [0.29, 0.717) is 0 Å². The molecular formula is C49H34N2. The molecule has 10 rings (SSSR count). The molecule has 0 N–H and O–H groups in total. The first-order chi connectivity index (χ1) is 25.3. The van der Waals surface area contributed by atoms with E-state index in [1.54, 1.807) is 0 Å². The molecule has 8 aromatic rings. The van der Waals surface area contributed by atoms with E-state index in [-0.39, 0.29) is 0 Å². The van der Waals surface area contributed by atoms with Crippen LogP contribution in [0, 0.1) is 0 Å².